The Labute approximate surface area is 99.6 Å². The van der Waals surface area contributed by atoms with E-state index in [1.54, 1.807) is 0 Å². The van der Waals surface area contributed by atoms with Crippen LogP contribution in [0, 0.1) is 17.2 Å². The lowest BCUT2D eigenvalue weighted by atomic mass is 9.87. The van der Waals surface area contributed by atoms with Crippen LogP contribution in [0.15, 0.2) is 0 Å². The van der Waals surface area contributed by atoms with Crippen LogP contribution in [-0.4, -0.2) is 10.4 Å². The van der Waals surface area contributed by atoms with Crippen LogP contribution in [-0.2, 0) is 0 Å². The molecule has 2 unspecified atom stereocenters. The smallest absolute Gasteiger partial charge is 0.157 e. The quantitative estimate of drug-likeness (QED) is 0.827. The van der Waals surface area contributed by atoms with Crippen molar-refractivity contribution >= 4 is 22.4 Å². The fourth-order valence-electron chi connectivity index (χ4n) is 2.26. The number of nitrogens with zero attached hydrogens (tertiary/aromatic N) is 2. The van der Waals surface area contributed by atoms with Gasteiger partial charge in [0.1, 0.15) is 16.6 Å². The highest BCUT2D eigenvalue weighted by Crippen LogP contribution is 2.31. The van der Waals surface area contributed by atoms with E-state index in [2.05, 4.69) is 22.7 Å². The third-order valence-electron chi connectivity index (χ3n) is 3.10. The molecule has 2 rings (SSSR count). The van der Waals surface area contributed by atoms with E-state index < -0.39 is 0 Å². The fourth-order valence-corrected chi connectivity index (χ4v) is 3.00. The number of hydrogen-bond acceptors (Lipinski definition) is 5. The summed E-state index contributed by atoms with van der Waals surface area (Å²) in [7, 11) is 0. The molecule has 1 aliphatic carbocycles. The van der Waals surface area contributed by atoms with Crippen LogP contribution < -0.4 is 11.1 Å². The number of hydrogen-bond donors (Lipinski definition) is 2. The van der Waals surface area contributed by atoms with Crippen LogP contribution >= 0.6 is 11.5 Å². The van der Waals surface area contributed by atoms with Crippen molar-refractivity contribution in [2.75, 3.05) is 11.1 Å². The summed E-state index contributed by atoms with van der Waals surface area (Å²) < 4.78 is 4.01. The molecule has 0 saturated heterocycles. The van der Waals surface area contributed by atoms with Crippen LogP contribution in [0.1, 0.15) is 38.2 Å². The molecular weight excluding hydrogens is 220 g/mol. The van der Waals surface area contributed by atoms with Gasteiger partial charge in [0.2, 0.25) is 0 Å². The molecule has 0 amide bonds. The lowest BCUT2D eigenvalue weighted by Crippen LogP contribution is -2.26. The topological polar surface area (TPSA) is 74.7 Å². The van der Waals surface area contributed by atoms with E-state index >= 15 is 0 Å². The van der Waals surface area contributed by atoms with Gasteiger partial charge in [0.15, 0.2) is 5.82 Å². The van der Waals surface area contributed by atoms with Crippen molar-refractivity contribution in [3.8, 4) is 6.07 Å². The second-order valence-electron chi connectivity index (χ2n) is 4.50. The monoisotopic (exact) mass is 236 g/mol. The summed E-state index contributed by atoms with van der Waals surface area (Å²) >= 11 is 1.29. The average Bonchev–Trinajstić information content (AvgIpc) is 2.59. The summed E-state index contributed by atoms with van der Waals surface area (Å²) in [5.74, 6) is 1.11. The normalized spacial score (nSPS) is 25.0. The molecule has 0 aliphatic heterocycles. The second-order valence-corrected chi connectivity index (χ2v) is 5.27. The number of nitrogen functional groups attached to an aromatic ring is 1. The lowest BCUT2D eigenvalue weighted by molar-refractivity contribution is 0.359. The zero-order valence-electron chi connectivity index (χ0n) is 9.36. The molecule has 1 aromatic heterocycles. The van der Waals surface area contributed by atoms with Crippen LogP contribution in [0.5, 0.6) is 0 Å². The van der Waals surface area contributed by atoms with Crippen molar-refractivity contribution in [1.29, 1.82) is 5.26 Å². The Bertz CT molecular complexity index is 407. The van der Waals surface area contributed by atoms with Gasteiger partial charge in [-0.1, -0.05) is 19.8 Å². The van der Waals surface area contributed by atoms with Crippen LogP contribution in [0.4, 0.5) is 10.8 Å². The number of nitrogens with one attached hydrogen (secondary N) is 1. The van der Waals surface area contributed by atoms with E-state index in [0.717, 1.165) is 10.9 Å². The second kappa shape index (κ2) is 4.71. The Kier molecular flexibility index (Phi) is 3.30. The van der Waals surface area contributed by atoms with Gasteiger partial charge < -0.3 is 11.1 Å². The minimum Gasteiger partial charge on any atom is -0.382 e. The van der Waals surface area contributed by atoms with Crippen molar-refractivity contribution in [3.63, 3.8) is 0 Å². The minimum atomic E-state index is 0.346. The highest BCUT2D eigenvalue weighted by molar-refractivity contribution is 7.10. The molecule has 1 aromatic rings. The summed E-state index contributed by atoms with van der Waals surface area (Å²) in [6.45, 7) is 2.28. The Morgan fingerprint density at radius 2 is 2.38 bits per heavy atom. The third-order valence-corrected chi connectivity index (χ3v) is 3.89. The van der Waals surface area contributed by atoms with E-state index in [9.17, 15) is 0 Å². The van der Waals surface area contributed by atoms with Crippen molar-refractivity contribution in [2.24, 2.45) is 5.92 Å². The molecule has 0 aromatic carbocycles. The summed E-state index contributed by atoms with van der Waals surface area (Å²) in [4.78, 5) is 0. The predicted octanol–water partition coefficient (Wildman–Crippen LogP) is 2.59. The molecule has 1 heterocycles. The molecule has 0 spiro atoms. The molecule has 0 radical (unpaired) electrons. The van der Waals surface area contributed by atoms with Gasteiger partial charge in [-0.3, -0.25) is 0 Å². The van der Waals surface area contributed by atoms with E-state index in [4.69, 9.17) is 11.0 Å². The van der Waals surface area contributed by atoms with E-state index in [1.807, 2.05) is 0 Å². The first kappa shape index (κ1) is 11.2. The Morgan fingerprint density at radius 3 is 3.06 bits per heavy atom. The van der Waals surface area contributed by atoms with Gasteiger partial charge in [-0.15, -0.1) is 0 Å². The summed E-state index contributed by atoms with van der Waals surface area (Å²) in [5.41, 5.74) is 6.12. The zero-order valence-corrected chi connectivity index (χ0v) is 10.2. The first-order chi connectivity index (χ1) is 7.70. The molecule has 2 atom stereocenters. The van der Waals surface area contributed by atoms with E-state index in [1.165, 1.54) is 37.2 Å². The van der Waals surface area contributed by atoms with Crippen LogP contribution in [0.2, 0.25) is 0 Å². The van der Waals surface area contributed by atoms with Crippen LogP contribution in [0.3, 0.4) is 0 Å². The fraction of sp³-hybridized carbons (Fsp3) is 0.636. The average molecular weight is 236 g/mol. The maximum atomic E-state index is 8.97. The number of anilines is 2. The predicted molar refractivity (Wildman–Crippen MR) is 66.3 cm³/mol. The Hall–Kier alpha value is -1.28. The summed E-state index contributed by atoms with van der Waals surface area (Å²) in [6.07, 6.45) is 4.92. The van der Waals surface area contributed by atoms with E-state index in [0.29, 0.717) is 17.4 Å². The molecule has 16 heavy (non-hydrogen) atoms. The molecule has 86 valence electrons. The highest BCUT2D eigenvalue weighted by Gasteiger charge is 2.21. The summed E-state index contributed by atoms with van der Waals surface area (Å²) in [5, 5.41) is 13.2. The van der Waals surface area contributed by atoms with Gasteiger partial charge in [-0.2, -0.15) is 9.64 Å². The molecule has 5 heteroatoms. The molecule has 4 nitrogen and oxygen atoms in total. The number of aromatic nitrogens is 1. The van der Waals surface area contributed by atoms with Gasteiger partial charge in [0.05, 0.1) is 0 Å². The molecule has 0 bridgehead atoms. The first-order valence-corrected chi connectivity index (χ1v) is 6.40. The Balaban J connectivity index is 2.06. The van der Waals surface area contributed by atoms with Crippen molar-refractivity contribution in [3.05, 3.63) is 5.56 Å². The standard InChI is InChI=1S/C11H16N4S/c1-7-3-2-4-8(5-7)14-11-9(6-12)10(13)15-16-11/h7-8,14H,2-5H2,1H3,(H2,13,15). The van der Waals surface area contributed by atoms with Crippen molar-refractivity contribution in [1.82, 2.24) is 4.37 Å². The number of nitriles is 1. The lowest BCUT2D eigenvalue weighted by Gasteiger charge is -2.27. The maximum Gasteiger partial charge on any atom is 0.157 e. The van der Waals surface area contributed by atoms with Gasteiger partial charge in [-0.05, 0) is 30.3 Å². The molecule has 1 aliphatic rings. The van der Waals surface area contributed by atoms with Crippen molar-refractivity contribution < 1.29 is 0 Å². The number of rotatable bonds is 2. The minimum absolute atomic E-state index is 0.346. The summed E-state index contributed by atoms with van der Waals surface area (Å²) in [6, 6.07) is 2.57. The van der Waals surface area contributed by atoms with Crippen molar-refractivity contribution in [2.45, 2.75) is 38.6 Å². The Morgan fingerprint density at radius 1 is 1.56 bits per heavy atom. The van der Waals surface area contributed by atoms with Crippen LogP contribution in [0.25, 0.3) is 0 Å². The SMILES string of the molecule is CC1CCCC(Nc2snc(N)c2C#N)C1. The molecule has 3 N–H and O–H groups in total. The van der Waals surface area contributed by atoms with Gasteiger partial charge in [0, 0.05) is 6.04 Å². The third kappa shape index (κ3) is 2.27. The van der Waals surface area contributed by atoms with Gasteiger partial charge in [-0.25, -0.2) is 0 Å². The molecule has 1 saturated carbocycles. The molecular formula is C11H16N4S. The first-order valence-electron chi connectivity index (χ1n) is 5.62. The van der Waals surface area contributed by atoms with E-state index in [-0.39, 0.29) is 0 Å². The van der Waals surface area contributed by atoms with Gasteiger partial charge >= 0.3 is 0 Å². The largest absolute Gasteiger partial charge is 0.382 e. The maximum absolute atomic E-state index is 8.97. The number of nitrogens with two attached hydrogens (primary N) is 1. The molecule has 1 fully saturated rings. The highest BCUT2D eigenvalue weighted by atomic mass is 32.1. The zero-order chi connectivity index (χ0) is 11.5. The van der Waals surface area contributed by atoms with Gasteiger partial charge in [0.25, 0.3) is 0 Å².